The van der Waals surface area contributed by atoms with Crippen molar-refractivity contribution in [1.29, 1.82) is 0 Å². The van der Waals surface area contributed by atoms with E-state index in [1.807, 2.05) is 19.0 Å². The Morgan fingerprint density at radius 1 is 1.07 bits per heavy atom. The largest absolute Gasteiger partial charge is 0.418 e. The molecule has 0 saturated carbocycles. The molecule has 2 aromatic heterocycles. The number of nitrogens with zero attached hydrogens (tertiary/aromatic N) is 6. The fourth-order valence-electron chi connectivity index (χ4n) is 3.26. The van der Waals surface area contributed by atoms with Crippen LogP contribution in [0.4, 0.5) is 13.2 Å². The first kappa shape index (κ1) is 18.3. The number of benzene rings is 1. The van der Waals surface area contributed by atoms with Crippen molar-refractivity contribution in [2.45, 2.75) is 19.3 Å². The van der Waals surface area contributed by atoms with E-state index in [2.05, 4.69) is 20.2 Å². The van der Waals surface area contributed by atoms with E-state index in [4.69, 9.17) is 0 Å². The Morgan fingerprint density at radius 2 is 1.89 bits per heavy atom. The fourth-order valence-corrected chi connectivity index (χ4v) is 3.26. The molecule has 0 fully saturated rings. The third-order valence-corrected chi connectivity index (χ3v) is 4.36. The summed E-state index contributed by atoms with van der Waals surface area (Å²) in [5, 5.41) is 8.23. The summed E-state index contributed by atoms with van der Waals surface area (Å²) in [6, 6.07) is 9.35. The van der Waals surface area contributed by atoms with Gasteiger partial charge in [0.1, 0.15) is 6.54 Å². The summed E-state index contributed by atoms with van der Waals surface area (Å²) in [5.74, 6) is 0.788. The Kier molecular flexibility index (Phi) is 4.46. The van der Waals surface area contributed by atoms with Crippen molar-refractivity contribution >= 4 is 5.71 Å². The number of fused-ring (bicyclic) bond motifs is 3. The van der Waals surface area contributed by atoms with E-state index in [-0.39, 0.29) is 12.2 Å². The van der Waals surface area contributed by atoms with Crippen LogP contribution in [-0.4, -0.2) is 44.5 Å². The second-order valence-corrected chi connectivity index (χ2v) is 6.68. The van der Waals surface area contributed by atoms with Crippen molar-refractivity contribution in [2.75, 3.05) is 14.1 Å². The van der Waals surface area contributed by atoms with Crippen molar-refractivity contribution in [3.63, 3.8) is 0 Å². The average molecular weight is 386 g/mol. The van der Waals surface area contributed by atoms with Crippen LogP contribution >= 0.6 is 0 Å². The van der Waals surface area contributed by atoms with E-state index < -0.39 is 11.7 Å². The van der Waals surface area contributed by atoms with Gasteiger partial charge in [-0.25, -0.2) is 0 Å². The lowest BCUT2D eigenvalue weighted by atomic mass is 10.00. The molecule has 0 atom stereocenters. The van der Waals surface area contributed by atoms with Gasteiger partial charge in [0, 0.05) is 11.8 Å². The van der Waals surface area contributed by atoms with Crippen molar-refractivity contribution in [3.05, 3.63) is 71.1 Å². The molecule has 0 amide bonds. The Labute approximate surface area is 159 Å². The predicted molar refractivity (Wildman–Crippen MR) is 97.3 cm³/mol. The smallest absolute Gasteiger partial charge is 0.302 e. The van der Waals surface area contributed by atoms with E-state index in [1.54, 1.807) is 30.5 Å². The van der Waals surface area contributed by atoms with Crippen LogP contribution in [0.15, 0.2) is 47.6 Å². The highest BCUT2D eigenvalue weighted by Gasteiger charge is 2.38. The van der Waals surface area contributed by atoms with Gasteiger partial charge in [0.2, 0.25) is 0 Å². The molecule has 3 heterocycles. The third kappa shape index (κ3) is 3.18. The molecule has 1 aliphatic rings. The lowest BCUT2D eigenvalue weighted by Crippen LogP contribution is -2.20. The molecule has 1 aliphatic heterocycles. The first-order chi connectivity index (χ1) is 13.4. The van der Waals surface area contributed by atoms with Crippen LogP contribution in [0, 0.1) is 0 Å². The molecule has 0 aliphatic carbocycles. The highest BCUT2D eigenvalue weighted by atomic mass is 19.4. The first-order valence-corrected chi connectivity index (χ1v) is 8.61. The topological polar surface area (TPSA) is 59.2 Å². The van der Waals surface area contributed by atoms with Gasteiger partial charge < -0.3 is 4.90 Å². The zero-order valence-corrected chi connectivity index (χ0v) is 15.3. The van der Waals surface area contributed by atoms with E-state index in [0.29, 0.717) is 35.2 Å². The van der Waals surface area contributed by atoms with E-state index in [1.165, 1.54) is 10.6 Å². The molecular formula is C19H17F3N6. The average Bonchev–Trinajstić information content (AvgIpc) is 2.95. The second kappa shape index (κ2) is 6.83. The Morgan fingerprint density at radius 3 is 2.57 bits per heavy atom. The van der Waals surface area contributed by atoms with Crippen molar-refractivity contribution < 1.29 is 13.2 Å². The molecule has 0 N–H and O–H groups in total. The molecule has 1 aromatic carbocycles. The number of para-hydroxylation sites is 1. The monoisotopic (exact) mass is 386 g/mol. The van der Waals surface area contributed by atoms with Crippen LogP contribution in [0.5, 0.6) is 0 Å². The van der Waals surface area contributed by atoms with Crippen LogP contribution < -0.4 is 0 Å². The summed E-state index contributed by atoms with van der Waals surface area (Å²) in [6.45, 7) is 0.454. The quantitative estimate of drug-likeness (QED) is 0.694. The number of hydrogen-bond acceptors (Lipinski definition) is 5. The Hall–Kier alpha value is -3.07. The van der Waals surface area contributed by atoms with Gasteiger partial charge in [0.05, 0.1) is 29.2 Å². The molecule has 0 spiro atoms. The van der Waals surface area contributed by atoms with Crippen LogP contribution in [-0.2, 0) is 19.3 Å². The Bertz CT molecular complexity index is 1040. The minimum atomic E-state index is -4.54. The van der Waals surface area contributed by atoms with Gasteiger partial charge in [-0.2, -0.15) is 13.2 Å². The van der Waals surface area contributed by atoms with Crippen LogP contribution in [0.3, 0.4) is 0 Å². The van der Waals surface area contributed by atoms with Gasteiger partial charge in [-0.3, -0.25) is 14.5 Å². The molecule has 28 heavy (non-hydrogen) atoms. The molecule has 3 aromatic rings. The minimum absolute atomic E-state index is 0.00578. The number of pyridine rings is 1. The van der Waals surface area contributed by atoms with Crippen molar-refractivity contribution in [1.82, 2.24) is 24.6 Å². The second-order valence-electron chi connectivity index (χ2n) is 6.68. The Balaban J connectivity index is 2.03. The highest BCUT2D eigenvalue weighted by Crippen LogP contribution is 2.38. The lowest BCUT2D eigenvalue weighted by Gasteiger charge is -2.20. The molecule has 144 valence electrons. The van der Waals surface area contributed by atoms with E-state index in [9.17, 15) is 13.2 Å². The molecule has 4 rings (SSSR count). The lowest BCUT2D eigenvalue weighted by molar-refractivity contribution is -0.137. The molecule has 6 nitrogen and oxygen atoms in total. The normalized spacial score (nSPS) is 13.7. The van der Waals surface area contributed by atoms with Crippen molar-refractivity contribution in [3.8, 4) is 5.69 Å². The standard InChI is InChI=1S/C19H17F3N6/c1-27(2)11-16-26-25-15-10-24-17(14-8-3-4-9-23-14)12-6-5-7-13(19(20,21)22)18(12)28(15)16/h3-9H,10-11H2,1-2H3. The number of aromatic nitrogens is 4. The number of rotatable bonds is 3. The number of alkyl halides is 3. The van der Waals surface area contributed by atoms with Gasteiger partial charge in [0.25, 0.3) is 0 Å². The summed E-state index contributed by atoms with van der Waals surface area (Å²) < 4.78 is 43.2. The first-order valence-electron chi connectivity index (χ1n) is 8.61. The maximum absolute atomic E-state index is 13.9. The van der Waals surface area contributed by atoms with Gasteiger partial charge in [-0.15, -0.1) is 10.2 Å². The van der Waals surface area contributed by atoms with Crippen LogP contribution in [0.2, 0.25) is 0 Å². The summed E-state index contributed by atoms with van der Waals surface area (Å²) in [5.41, 5.74) is 0.511. The third-order valence-electron chi connectivity index (χ3n) is 4.36. The van der Waals surface area contributed by atoms with Gasteiger partial charge in [-0.05, 0) is 32.3 Å². The number of halogens is 3. The van der Waals surface area contributed by atoms with Gasteiger partial charge in [-0.1, -0.05) is 18.2 Å². The SMILES string of the molecule is CN(C)Cc1nnc2n1-c1c(cccc1C(F)(F)F)C(c1ccccn1)=NC2. The summed E-state index contributed by atoms with van der Waals surface area (Å²) in [6.07, 6.45) is -2.95. The molecule has 0 bridgehead atoms. The van der Waals surface area contributed by atoms with E-state index >= 15 is 0 Å². The zero-order valence-electron chi connectivity index (χ0n) is 15.3. The van der Waals surface area contributed by atoms with Gasteiger partial charge in [0.15, 0.2) is 11.6 Å². The van der Waals surface area contributed by atoms with Gasteiger partial charge >= 0.3 is 6.18 Å². The minimum Gasteiger partial charge on any atom is -0.302 e. The molecule has 0 radical (unpaired) electrons. The predicted octanol–water partition coefficient (Wildman–Crippen LogP) is 3.09. The maximum Gasteiger partial charge on any atom is 0.418 e. The molecule has 0 unspecified atom stereocenters. The number of aliphatic imine (C=N–C) groups is 1. The molecular weight excluding hydrogens is 369 g/mol. The zero-order chi connectivity index (χ0) is 19.9. The van der Waals surface area contributed by atoms with Crippen LogP contribution in [0.25, 0.3) is 5.69 Å². The maximum atomic E-state index is 13.9. The summed E-state index contributed by atoms with van der Waals surface area (Å²) in [4.78, 5) is 10.7. The summed E-state index contributed by atoms with van der Waals surface area (Å²) >= 11 is 0. The fraction of sp³-hybridized carbons (Fsp3) is 0.263. The summed E-state index contributed by atoms with van der Waals surface area (Å²) in [7, 11) is 3.65. The molecule has 0 saturated heterocycles. The highest BCUT2D eigenvalue weighted by molar-refractivity contribution is 6.14. The van der Waals surface area contributed by atoms with Crippen LogP contribution in [0.1, 0.15) is 28.5 Å². The van der Waals surface area contributed by atoms with Crippen molar-refractivity contribution in [2.24, 2.45) is 4.99 Å². The number of hydrogen-bond donors (Lipinski definition) is 0. The molecule has 9 heteroatoms. The van der Waals surface area contributed by atoms with E-state index in [0.717, 1.165) is 6.07 Å².